The van der Waals surface area contributed by atoms with E-state index < -0.39 is 0 Å². The van der Waals surface area contributed by atoms with Crippen LogP contribution in [0.1, 0.15) is 26.3 Å². The molecule has 4 aromatic rings. The molecule has 3 aromatic carbocycles. The average Bonchev–Trinajstić information content (AvgIpc) is 3.21. The maximum Gasteiger partial charge on any atom is 0.262 e. The minimum absolute atomic E-state index is 0.0655. The Kier molecular flexibility index (Phi) is 6.24. The maximum absolute atomic E-state index is 12.4. The number of methoxy groups -OCH3 is 1. The molecule has 7 nitrogen and oxygen atoms in total. The van der Waals surface area contributed by atoms with Crippen LogP contribution in [0.4, 0.5) is 5.69 Å². The second-order valence-electron chi connectivity index (χ2n) is 8.62. The van der Waals surface area contributed by atoms with Gasteiger partial charge in [-0.3, -0.25) is 4.79 Å². The lowest BCUT2D eigenvalue weighted by Gasteiger charge is -2.19. The van der Waals surface area contributed by atoms with Crippen molar-refractivity contribution in [1.29, 1.82) is 0 Å². The number of nitrogens with one attached hydrogen (secondary N) is 1. The zero-order valence-corrected chi connectivity index (χ0v) is 19.7. The molecule has 8 heteroatoms. The maximum atomic E-state index is 12.4. The zero-order chi connectivity index (χ0) is 23.6. The Bertz CT molecular complexity index is 1290. The topological polar surface area (TPSA) is 78.3 Å². The molecule has 1 aromatic heterocycles. The molecular weight excluding hydrogens is 440 g/mol. The van der Waals surface area contributed by atoms with Gasteiger partial charge < -0.3 is 14.8 Å². The molecule has 1 heterocycles. The van der Waals surface area contributed by atoms with E-state index in [2.05, 4.69) is 36.3 Å². The molecule has 0 aliphatic heterocycles. The van der Waals surface area contributed by atoms with Crippen LogP contribution in [0.2, 0.25) is 5.02 Å². The second kappa shape index (κ2) is 9.11. The summed E-state index contributed by atoms with van der Waals surface area (Å²) in [5, 5.41) is 12.3. The molecule has 0 saturated carbocycles. The molecule has 0 unspecified atom stereocenters. The Balaban J connectivity index is 1.41. The first-order valence-electron chi connectivity index (χ1n) is 10.5. The molecular formula is C25H25ClN4O3. The van der Waals surface area contributed by atoms with Gasteiger partial charge in [-0.25, -0.2) is 0 Å². The number of aromatic nitrogens is 3. The molecule has 1 N–H and O–H groups in total. The van der Waals surface area contributed by atoms with Crippen molar-refractivity contribution < 1.29 is 14.3 Å². The Morgan fingerprint density at radius 1 is 1.00 bits per heavy atom. The van der Waals surface area contributed by atoms with Gasteiger partial charge in [0.15, 0.2) is 6.61 Å². The number of rotatable bonds is 6. The Morgan fingerprint density at radius 3 is 2.39 bits per heavy atom. The van der Waals surface area contributed by atoms with Crippen LogP contribution >= 0.6 is 11.6 Å². The highest BCUT2D eigenvalue weighted by atomic mass is 35.5. The number of halogens is 1. The third-order valence-electron chi connectivity index (χ3n) is 5.12. The number of carbonyl (C=O) groups excluding carboxylic acids is 1. The van der Waals surface area contributed by atoms with Crippen LogP contribution in [0, 0.1) is 0 Å². The van der Waals surface area contributed by atoms with Crippen molar-refractivity contribution in [2.75, 3.05) is 19.0 Å². The van der Waals surface area contributed by atoms with Crippen LogP contribution in [0.5, 0.6) is 11.5 Å². The van der Waals surface area contributed by atoms with Gasteiger partial charge in [-0.2, -0.15) is 4.80 Å². The first-order valence-corrected chi connectivity index (χ1v) is 10.8. The lowest BCUT2D eigenvalue weighted by Crippen LogP contribution is -2.20. The lowest BCUT2D eigenvalue weighted by molar-refractivity contribution is -0.118. The van der Waals surface area contributed by atoms with E-state index in [0.717, 1.165) is 0 Å². The van der Waals surface area contributed by atoms with Crippen molar-refractivity contribution in [1.82, 2.24) is 15.0 Å². The fourth-order valence-corrected chi connectivity index (χ4v) is 3.54. The average molecular weight is 465 g/mol. The van der Waals surface area contributed by atoms with Crippen molar-refractivity contribution in [3.05, 3.63) is 71.2 Å². The number of hydrogen-bond donors (Lipinski definition) is 1. The van der Waals surface area contributed by atoms with Crippen LogP contribution in [-0.4, -0.2) is 34.6 Å². The molecule has 0 radical (unpaired) electrons. The van der Waals surface area contributed by atoms with Gasteiger partial charge >= 0.3 is 0 Å². The predicted octanol–water partition coefficient (Wildman–Crippen LogP) is 5.40. The molecule has 0 spiro atoms. The van der Waals surface area contributed by atoms with Crippen molar-refractivity contribution in [2.45, 2.75) is 26.2 Å². The fraction of sp³-hybridized carbons (Fsp3) is 0.240. The summed E-state index contributed by atoms with van der Waals surface area (Å²) in [5.41, 5.74) is 3.91. The third-order valence-corrected chi connectivity index (χ3v) is 5.42. The van der Waals surface area contributed by atoms with Gasteiger partial charge in [0, 0.05) is 5.69 Å². The Labute approximate surface area is 197 Å². The van der Waals surface area contributed by atoms with Gasteiger partial charge in [0.05, 0.1) is 17.8 Å². The number of carbonyl (C=O) groups is 1. The largest absolute Gasteiger partial charge is 0.495 e. The molecule has 4 rings (SSSR count). The van der Waals surface area contributed by atoms with Crippen LogP contribution in [-0.2, 0) is 10.2 Å². The second-order valence-corrected chi connectivity index (χ2v) is 9.03. The van der Waals surface area contributed by atoms with E-state index in [1.54, 1.807) is 37.4 Å². The Morgan fingerprint density at radius 2 is 1.73 bits per heavy atom. The molecule has 33 heavy (non-hydrogen) atoms. The highest BCUT2D eigenvalue weighted by Crippen LogP contribution is 2.27. The lowest BCUT2D eigenvalue weighted by atomic mass is 9.87. The number of nitrogens with zero attached hydrogens (tertiary/aromatic N) is 3. The minimum Gasteiger partial charge on any atom is -0.495 e. The molecule has 0 saturated heterocycles. The van der Waals surface area contributed by atoms with Gasteiger partial charge in [0.1, 0.15) is 22.5 Å². The number of hydrogen-bond acceptors (Lipinski definition) is 5. The van der Waals surface area contributed by atoms with Gasteiger partial charge in [-0.15, -0.1) is 10.2 Å². The summed E-state index contributed by atoms with van der Waals surface area (Å²) in [6.45, 7) is 6.36. The number of ether oxygens (including phenoxy) is 2. The van der Waals surface area contributed by atoms with Crippen molar-refractivity contribution >= 4 is 34.2 Å². The number of anilines is 1. The van der Waals surface area contributed by atoms with Crippen LogP contribution < -0.4 is 14.8 Å². The van der Waals surface area contributed by atoms with Gasteiger partial charge in [0.25, 0.3) is 5.91 Å². The molecule has 0 atom stereocenters. The van der Waals surface area contributed by atoms with Crippen LogP contribution in [0.25, 0.3) is 16.7 Å². The summed E-state index contributed by atoms with van der Waals surface area (Å²) in [6.07, 6.45) is 0. The molecule has 0 bridgehead atoms. The standard InChI is InChI=1S/C25H25ClN4O3/c1-25(2,3)16-5-9-19(10-6-16)33-15-24(31)27-17-7-11-21-22(13-17)29-30(28-21)18-8-12-23(32-4)20(26)14-18/h5-14H,15H2,1-4H3,(H,27,31). The first kappa shape index (κ1) is 22.6. The van der Waals surface area contributed by atoms with E-state index in [4.69, 9.17) is 21.1 Å². The molecule has 0 fully saturated rings. The monoisotopic (exact) mass is 464 g/mol. The van der Waals surface area contributed by atoms with Crippen LogP contribution in [0.15, 0.2) is 60.7 Å². The van der Waals surface area contributed by atoms with Crippen molar-refractivity contribution in [3.63, 3.8) is 0 Å². The first-order chi connectivity index (χ1) is 15.7. The molecule has 0 aliphatic rings. The Hall–Kier alpha value is -3.58. The van der Waals surface area contributed by atoms with E-state index in [1.165, 1.54) is 10.4 Å². The quantitative estimate of drug-likeness (QED) is 0.413. The summed E-state index contributed by atoms with van der Waals surface area (Å²) < 4.78 is 10.8. The summed E-state index contributed by atoms with van der Waals surface area (Å²) in [5.74, 6) is 0.966. The zero-order valence-electron chi connectivity index (χ0n) is 18.9. The summed E-state index contributed by atoms with van der Waals surface area (Å²) in [6, 6.07) is 18.4. The predicted molar refractivity (Wildman–Crippen MR) is 130 cm³/mol. The fourth-order valence-electron chi connectivity index (χ4n) is 3.28. The van der Waals surface area contributed by atoms with Gasteiger partial charge in [-0.1, -0.05) is 44.5 Å². The number of fused-ring (bicyclic) bond motifs is 1. The summed E-state index contributed by atoms with van der Waals surface area (Å²) >= 11 is 6.21. The van der Waals surface area contributed by atoms with Crippen molar-refractivity contribution in [2.24, 2.45) is 0 Å². The molecule has 0 aliphatic carbocycles. The minimum atomic E-state index is -0.261. The van der Waals surface area contributed by atoms with Gasteiger partial charge in [0.2, 0.25) is 0 Å². The number of amides is 1. The molecule has 170 valence electrons. The SMILES string of the molecule is COc1ccc(-n2nc3ccc(NC(=O)COc4ccc(C(C)(C)C)cc4)cc3n2)cc1Cl. The van der Waals surface area contributed by atoms with E-state index >= 15 is 0 Å². The smallest absolute Gasteiger partial charge is 0.262 e. The van der Waals surface area contributed by atoms with E-state index in [9.17, 15) is 4.79 Å². The van der Waals surface area contributed by atoms with E-state index in [0.29, 0.717) is 38.9 Å². The summed E-state index contributed by atoms with van der Waals surface area (Å²) in [7, 11) is 1.56. The number of benzene rings is 3. The van der Waals surface area contributed by atoms with E-state index in [-0.39, 0.29) is 17.9 Å². The summed E-state index contributed by atoms with van der Waals surface area (Å²) in [4.78, 5) is 13.9. The molecule has 1 amide bonds. The third kappa shape index (κ3) is 5.26. The highest BCUT2D eigenvalue weighted by Gasteiger charge is 2.14. The van der Waals surface area contributed by atoms with Gasteiger partial charge in [-0.05, 0) is 59.5 Å². The van der Waals surface area contributed by atoms with E-state index in [1.807, 2.05) is 30.3 Å². The normalized spacial score (nSPS) is 11.4. The van der Waals surface area contributed by atoms with Crippen molar-refractivity contribution in [3.8, 4) is 17.2 Å². The van der Waals surface area contributed by atoms with Crippen LogP contribution in [0.3, 0.4) is 0 Å². The highest BCUT2D eigenvalue weighted by molar-refractivity contribution is 6.32.